The molecule has 0 bridgehead atoms. The second-order valence-corrected chi connectivity index (χ2v) is 4.72. The number of nitrogens with one attached hydrogen (secondary N) is 1. The Labute approximate surface area is 124 Å². The Balaban J connectivity index is 1.54. The van der Waals surface area contributed by atoms with Crippen molar-refractivity contribution in [2.75, 3.05) is 13.2 Å². The van der Waals surface area contributed by atoms with Gasteiger partial charge in [-0.25, -0.2) is 0 Å². The Morgan fingerprint density at radius 1 is 1.24 bits per heavy atom. The van der Waals surface area contributed by atoms with E-state index in [4.69, 9.17) is 14.9 Å². The van der Waals surface area contributed by atoms with Crippen LogP contribution in [0, 0.1) is 0 Å². The molecular weight excluding hydrogens is 268 g/mol. The molecule has 0 saturated carbocycles. The summed E-state index contributed by atoms with van der Waals surface area (Å²) in [6, 6.07) is 11.0. The van der Waals surface area contributed by atoms with Gasteiger partial charge in [0, 0.05) is 18.7 Å². The first kappa shape index (κ1) is 15.3. The quantitative estimate of drug-likeness (QED) is 0.692. The van der Waals surface area contributed by atoms with Crippen LogP contribution in [0.4, 0.5) is 0 Å². The van der Waals surface area contributed by atoms with Gasteiger partial charge in [-0.2, -0.15) is 0 Å². The lowest BCUT2D eigenvalue weighted by Crippen LogP contribution is -2.16. The normalized spacial score (nSPS) is 10.7. The number of hydrogen-bond acceptors (Lipinski definition) is 4. The van der Waals surface area contributed by atoms with Gasteiger partial charge in [0.05, 0.1) is 6.26 Å². The van der Waals surface area contributed by atoms with Crippen molar-refractivity contribution in [1.29, 1.82) is 0 Å². The summed E-state index contributed by atoms with van der Waals surface area (Å²) in [5, 5.41) is 3.32. The summed E-state index contributed by atoms with van der Waals surface area (Å²) in [5.41, 5.74) is 6.85. The predicted octanol–water partition coefficient (Wildman–Crippen LogP) is 2.08. The molecule has 0 saturated heterocycles. The van der Waals surface area contributed by atoms with Crippen molar-refractivity contribution in [3.63, 3.8) is 0 Å². The molecule has 0 aliphatic carbocycles. The Bertz CT molecular complexity index is 535. The Kier molecular flexibility index (Phi) is 5.99. The van der Waals surface area contributed by atoms with Crippen LogP contribution in [0.25, 0.3) is 0 Å². The van der Waals surface area contributed by atoms with Crippen LogP contribution in [0.15, 0.2) is 47.1 Å². The molecule has 1 aromatic heterocycles. The highest BCUT2D eigenvalue weighted by molar-refractivity contribution is 5.92. The number of hydrogen-bond donors (Lipinski definition) is 2. The summed E-state index contributed by atoms with van der Waals surface area (Å²) in [5.74, 6) is 0.445. The highest BCUT2D eigenvalue weighted by Gasteiger charge is 1.99. The van der Waals surface area contributed by atoms with Gasteiger partial charge in [-0.3, -0.25) is 4.79 Å². The fraction of sp³-hybridized carbons (Fsp3) is 0.312. The lowest BCUT2D eigenvalue weighted by molar-refractivity contribution is 0.1000. The number of amides is 1. The van der Waals surface area contributed by atoms with Gasteiger partial charge in [0.15, 0.2) is 0 Å². The second-order valence-electron chi connectivity index (χ2n) is 4.72. The molecule has 0 radical (unpaired) electrons. The molecule has 0 atom stereocenters. The lowest BCUT2D eigenvalue weighted by atomic mass is 10.1. The molecule has 5 nitrogen and oxygen atoms in total. The first-order valence-corrected chi connectivity index (χ1v) is 6.95. The molecule has 1 aromatic carbocycles. The van der Waals surface area contributed by atoms with Crippen LogP contribution < -0.4 is 11.1 Å². The first-order valence-electron chi connectivity index (χ1n) is 6.95. The van der Waals surface area contributed by atoms with E-state index < -0.39 is 5.91 Å². The van der Waals surface area contributed by atoms with E-state index >= 15 is 0 Å². The van der Waals surface area contributed by atoms with E-state index in [1.165, 1.54) is 0 Å². The summed E-state index contributed by atoms with van der Waals surface area (Å²) >= 11 is 0. The standard InChI is InChI=1S/C16H20N2O3/c17-16(19)14-6-4-13(5-7-14)11-18-8-2-9-20-12-15-3-1-10-21-15/h1,3-7,10,18H,2,8-9,11-12H2,(H2,17,19). The Hall–Kier alpha value is -2.11. The number of carbonyl (C=O) groups excluding carboxylic acids is 1. The molecule has 112 valence electrons. The van der Waals surface area contributed by atoms with E-state index in [2.05, 4.69) is 5.32 Å². The van der Waals surface area contributed by atoms with Gasteiger partial charge in [-0.05, 0) is 42.8 Å². The maximum Gasteiger partial charge on any atom is 0.248 e. The molecule has 0 aliphatic rings. The molecule has 5 heteroatoms. The van der Waals surface area contributed by atoms with Gasteiger partial charge in [-0.1, -0.05) is 12.1 Å². The largest absolute Gasteiger partial charge is 0.467 e. The van der Waals surface area contributed by atoms with Gasteiger partial charge in [0.1, 0.15) is 12.4 Å². The van der Waals surface area contributed by atoms with Crippen LogP contribution in [-0.4, -0.2) is 19.1 Å². The highest BCUT2D eigenvalue weighted by Crippen LogP contribution is 2.04. The summed E-state index contributed by atoms with van der Waals surface area (Å²) in [6.45, 7) is 2.84. The molecule has 21 heavy (non-hydrogen) atoms. The van der Waals surface area contributed by atoms with Gasteiger partial charge in [-0.15, -0.1) is 0 Å². The van der Waals surface area contributed by atoms with E-state index in [-0.39, 0.29) is 0 Å². The Morgan fingerprint density at radius 3 is 2.71 bits per heavy atom. The van der Waals surface area contributed by atoms with E-state index in [0.29, 0.717) is 18.8 Å². The fourth-order valence-corrected chi connectivity index (χ4v) is 1.89. The Morgan fingerprint density at radius 2 is 2.05 bits per heavy atom. The third kappa shape index (κ3) is 5.41. The monoisotopic (exact) mass is 288 g/mol. The van der Waals surface area contributed by atoms with E-state index in [0.717, 1.165) is 30.8 Å². The van der Waals surface area contributed by atoms with Crippen molar-refractivity contribution < 1.29 is 13.9 Å². The van der Waals surface area contributed by atoms with E-state index in [9.17, 15) is 4.79 Å². The maximum absolute atomic E-state index is 10.9. The molecule has 0 aliphatic heterocycles. The number of primary amides is 1. The van der Waals surface area contributed by atoms with Crippen molar-refractivity contribution in [3.05, 3.63) is 59.5 Å². The van der Waals surface area contributed by atoms with Crippen LogP contribution in [0.3, 0.4) is 0 Å². The number of nitrogens with two attached hydrogens (primary N) is 1. The number of carbonyl (C=O) groups is 1. The van der Waals surface area contributed by atoms with Crippen molar-refractivity contribution >= 4 is 5.91 Å². The third-order valence-corrected chi connectivity index (χ3v) is 3.03. The minimum absolute atomic E-state index is 0.400. The molecule has 2 aromatic rings. The summed E-state index contributed by atoms with van der Waals surface area (Å²) in [4.78, 5) is 10.9. The number of furan rings is 1. The molecule has 3 N–H and O–H groups in total. The third-order valence-electron chi connectivity index (χ3n) is 3.03. The fourth-order valence-electron chi connectivity index (χ4n) is 1.89. The van der Waals surface area contributed by atoms with Gasteiger partial charge in [0.2, 0.25) is 5.91 Å². The van der Waals surface area contributed by atoms with Crippen LogP contribution >= 0.6 is 0 Å². The lowest BCUT2D eigenvalue weighted by Gasteiger charge is -2.06. The van der Waals surface area contributed by atoms with Gasteiger partial charge >= 0.3 is 0 Å². The van der Waals surface area contributed by atoms with Crippen molar-refractivity contribution in [1.82, 2.24) is 5.32 Å². The first-order chi connectivity index (χ1) is 10.3. The summed E-state index contributed by atoms with van der Waals surface area (Å²) < 4.78 is 10.7. The molecule has 0 fully saturated rings. The molecular formula is C16H20N2O3. The van der Waals surface area contributed by atoms with Gasteiger partial charge < -0.3 is 20.2 Å². The van der Waals surface area contributed by atoms with Crippen LogP contribution in [0.1, 0.15) is 28.1 Å². The van der Waals surface area contributed by atoms with Crippen molar-refractivity contribution in [2.45, 2.75) is 19.6 Å². The topological polar surface area (TPSA) is 77.5 Å². The van der Waals surface area contributed by atoms with Crippen molar-refractivity contribution in [2.24, 2.45) is 5.73 Å². The zero-order valence-electron chi connectivity index (χ0n) is 11.9. The molecule has 1 amide bonds. The molecule has 2 rings (SSSR count). The van der Waals surface area contributed by atoms with E-state index in [1.54, 1.807) is 18.4 Å². The molecule has 0 unspecified atom stereocenters. The average molecular weight is 288 g/mol. The van der Waals surface area contributed by atoms with Crippen LogP contribution in [0.5, 0.6) is 0 Å². The highest BCUT2D eigenvalue weighted by atomic mass is 16.5. The van der Waals surface area contributed by atoms with Crippen LogP contribution in [0.2, 0.25) is 0 Å². The van der Waals surface area contributed by atoms with E-state index in [1.807, 2.05) is 24.3 Å². The average Bonchev–Trinajstić information content (AvgIpc) is 3.00. The molecule has 1 heterocycles. The zero-order valence-corrected chi connectivity index (χ0v) is 11.9. The van der Waals surface area contributed by atoms with Crippen molar-refractivity contribution in [3.8, 4) is 0 Å². The number of benzene rings is 1. The SMILES string of the molecule is NC(=O)c1ccc(CNCCCOCc2ccco2)cc1. The van der Waals surface area contributed by atoms with Gasteiger partial charge in [0.25, 0.3) is 0 Å². The molecule has 0 spiro atoms. The maximum atomic E-state index is 10.9. The summed E-state index contributed by atoms with van der Waals surface area (Å²) in [6.07, 6.45) is 2.57. The smallest absolute Gasteiger partial charge is 0.248 e. The second kappa shape index (κ2) is 8.24. The predicted molar refractivity (Wildman–Crippen MR) is 79.6 cm³/mol. The number of rotatable bonds is 9. The number of ether oxygens (including phenoxy) is 1. The zero-order chi connectivity index (χ0) is 14.9. The minimum Gasteiger partial charge on any atom is -0.467 e. The van der Waals surface area contributed by atoms with Crippen LogP contribution in [-0.2, 0) is 17.9 Å². The minimum atomic E-state index is -0.400. The summed E-state index contributed by atoms with van der Waals surface area (Å²) in [7, 11) is 0.